The number of carbonyl (C=O) groups is 1. The quantitative estimate of drug-likeness (QED) is 0.920. The van der Waals surface area contributed by atoms with E-state index >= 15 is 0 Å². The molecule has 2 rings (SSSR count). The summed E-state index contributed by atoms with van der Waals surface area (Å²) >= 11 is 0. The van der Waals surface area contributed by atoms with Crippen LogP contribution in [-0.4, -0.2) is 37.7 Å². The number of nitrogens with zero attached hydrogens (tertiary/aromatic N) is 1. The Labute approximate surface area is 118 Å². The van der Waals surface area contributed by atoms with Gasteiger partial charge >= 0.3 is 6.03 Å². The fourth-order valence-corrected chi connectivity index (χ4v) is 2.26. The molecule has 1 aromatic rings. The molecule has 0 unspecified atom stereocenters. The van der Waals surface area contributed by atoms with E-state index in [9.17, 15) is 9.18 Å². The van der Waals surface area contributed by atoms with E-state index in [0.29, 0.717) is 11.6 Å². The minimum absolute atomic E-state index is 0.163. The molecule has 20 heavy (non-hydrogen) atoms. The molecule has 0 saturated carbocycles. The Kier molecular flexibility index (Phi) is 5.35. The van der Waals surface area contributed by atoms with Crippen LogP contribution in [0, 0.1) is 11.7 Å². The highest BCUT2D eigenvalue weighted by molar-refractivity contribution is 5.89. The van der Waals surface area contributed by atoms with Gasteiger partial charge in [-0.2, -0.15) is 0 Å². The smallest absolute Gasteiger partial charge is 0.321 e. The van der Waals surface area contributed by atoms with E-state index in [-0.39, 0.29) is 11.8 Å². The molecule has 1 fully saturated rings. The number of ether oxygens (including phenoxy) is 1. The van der Waals surface area contributed by atoms with Crippen LogP contribution in [0.4, 0.5) is 14.9 Å². The maximum absolute atomic E-state index is 12.8. The molecule has 1 N–H and O–H groups in total. The number of benzene rings is 1. The van der Waals surface area contributed by atoms with Gasteiger partial charge in [0.1, 0.15) is 5.82 Å². The summed E-state index contributed by atoms with van der Waals surface area (Å²) in [5.41, 5.74) is 0.606. The van der Waals surface area contributed by atoms with E-state index < -0.39 is 0 Å². The number of nitrogens with one attached hydrogen (secondary N) is 1. The zero-order chi connectivity index (χ0) is 14.4. The molecule has 110 valence electrons. The number of urea groups is 1. The number of halogens is 1. The van der Waals surface area contributed by atoms with Crippen molar-refractivity contribution in [2.75, 3.05) is 32.1 Å². The Balaban J connectivity index is 1.75. The second-order valence-corrected chi connectivity index (χ2v) is 5.20. The minimum Gasteiger partial charge on any atom is -0.381 e. The van der Waals surface area contributed by atoms with Crippen molar-refractivity contribution in [2.45, 2.75) is 19.3 Å². The van der Waals surface area contributed by atoms with Gasteiger partial charge in [-0.25, -0.2) is 9.18 Å². The van der Waals surface area contributed by atoms with Crippen molar-refractivity contribution >= 4 is 11.7 Å². The number of hydrogen-bond donors (Lipinski definition) is 1. The Bertz CT molecular complexity index is 430. The number of rotatable bonds is 4. The molecule has 5 heteroatoms. The van der Waals surface area contributed by atoms with Gasteiger partial charge in [0, 0.05) is 32.5 Å². The Morgan fingerprint density at radius 2 is 2.00 bits per heavy atom. The zero-order valence-electron chi connectivity index (χ0n) is 11.8. The van der Waals surface area contributed by atoms with Crippen LogP contribution in [0.25, 0.3) is 0 Å². The summed E-state index contributed by atoms with van der Waals surface area (Å²) in [6, 6.07) is 5.61. The summed E-state index contributed by atoms with van der Waals surface area (Å²) in [4.78, 5) is 13.6. The van der Waals surface area contributed by atoms with Gasteiger partial charge in [0.05, 0.1) is 0 Å². The lowest BCUT2D eigenvalue weighted by atomic mass is 9.96. The second-order valence-electron chi connectivity index (χ2n) is 5.20. The van der Waals surface area contributed by atoms with Crippen LogP contribution in [0.2, 0.25) is 0 Å². The monoisotopic (exact) mass is 280 g/mol. The molecule has 0 atom stereocenters. The van der Waals surface area contributed by atoms with Crippen molar-refractivity contribution in [2.24, 2.45) is 5.92 Å². The molecule has 2 amide bonds. The summed E-state index contributed by atoms with van der Waals surface area (Å²) in [5, 5.41) is 2.75. The lowest BCUT2D eigenvalue weighted by Gasteiger charge is -2.25. The standard InChI is InChI=1S/C15H21FN2O2/c1-18(9-6-12-7-10-20-11-8-12)15(19)17-14-4-2-13(16)3-5-14/h2-5,12H,6-11H2,1H3,(H,17,19). The third kappa shape index (κ3) is 4.49. The maximum atomic E-state index is 12.8. The van der Waals surface area contributed by atoms with E-state index in [1.165, 1.54) is 12.1 Å². The van der Waals surface area contributed by atoms with Gasteiger partial charge in [-0.1, -0.05) is 0 Å². The van der Waals surface area contributed by atoms with Crippen LogP contribution >= 0.6 is 0 Å². The molecule has 0 aromatic heterocycles. The predicted molar refractivity (Wildman–Crippen MR) is 76.2 cm³/mol. The topological polar surface area (TPSA) is 41.6 Å². The van der Waals surface area contributed by atoms with E-state index in [4.69, 9.17) is 4.74 Å². The van der Waals surface area contributed by atoms with Gasteiger partial charge in [0.15, 0.2) is 0 Å². The van der Waals surface area contributed by atoms with E-state index in [1.807, 2.05) is 0 Å². The van der Waals surface area contributed by atoms with Gasteiger partial charge in [0.2, 0.25) is 0 Å². The molecule has 1 aliphatic rings. The first-order valence-electron chi connectivity index (χ1n) is 7.00. The van der Waals surface area contributed by atoms with Crippen LogP contribution in [0.5, 0.6) is 0 Å². The summed E-state index contributed by atoms with van der Waals surface area (Å²) in [5.74, 6) is 0.334. The van der Waals surface area contributed by atoms with Crippen LogP contribution in [-0.2, 0) is 4.74 Å². The van der Waals surface area contributed by atoms with Gasteiger partial charge in [0.25, 0.3) is 0 Å². The lowest BCUT2D eigenvalue weighted by Crippen LogP contribution is -2.33. The molecular weight excluding hydrogens is 259 g/mol. The van der Waals surface area contributed by atoms with Crippen molar-refractivity contribution in [1.82, 2.24) is 4.90 Å². The molecular formula is C15H21FN2O2. The molecule has 1 heterocycles. The van der Waals surface area contributed by atoms with Crippen molar-refractivity contribution < 1.29 is 13.9 Å². The van der Waals surface area contributed by atoms with E-state index in [1.54, 1.807) is 24.1 Å². The van der Waals surface area contributed by atoms with E-state index in [2.05, 4.69) is 5.32 Å². The minimum atomic E-state index is -0.309. The average molecular weight is 280 g/mol. The van der Waals surface area contributed by atoms with Crippen LogP contribution in [0.1, 0.15) is 19.3 Å². The zero-order valence-corrected chi connectivity index (χ0v) is 11.8. The number of anilines is 1. The van der Waals surface area contributed by atoms with Crippen LogP contribution in [0.15, 0.2) is 24.3 Å². The van der Waals surface area contributed by atoms with Crippen molar-refractivity contribution in [3.8, 4) is 0 Å². The molecule has 0 spiro atoms. The highest BCUT2D eigenvalue weighted by Gasteiger charge is 2.16. The highest BCUT2D eigenvalue weighted by Crippen LogP contribution is 2.18. The Hall–Kier alpha value is -1.62. The van der Waals surface area contributed by atoms with Gasteiger partial charge in [-0.05, 0) is 49.4 Å². The fourth-order valence-electron chi connectivity index (χ4n) is 2.26. The van der Waals surface area contributed by atoms with Crippen LogP contribution < -0.4 is 5.32 Å². The molecule has 1 saturated heterocycles. The molecule has 1 aromatic carbocycles. The number of hydrogen-bond acceptors (Lipinski definition) is 2. The SMILES string of the molecule is CN(CCC1CCOCC1)C(=O)Nc1ccc(F)cc1. The van der Waals surface area contributed by atoms with Gasteiger partial charge in [-0.15, -0.1) is 0 Å². The molecule has 0 bridgehead atoms. The van der Waals surface area contributed by atoms with E-state index in [0.717, 1.165) is 39.0 Å². The largest absolute Gasteiger partial charge is 0.381 e. The normalized spacial score (nSPS) is 15.9. The number of amides is 2. The first-order valence-corrected chi connectivity index (χ1v) is 7.00. The average Bonchev–Trinajstić information content (AvgIpc) is 2.48. The summed E-state index contributed by atoms with van der Waals surface area (Å²) in [7, 11) is 1.78. The third-order valence-electron chi connectivity index (χ3n) is 3.66. The number of carbonyl (C=O) groups excluding carboxylic acids is 1. The van der Waals surface area contributed by atoms with Crippen molar-refractivity contribution in [3.05, 3.63) is 30.1 Å². The highest BCUT2D eigenvalue weighted by atomic mass is 19.1. The summed E-state index contributed by atoms with van der Waals surface area (Å²) < 4.78 is 18.1. The summed E-state index contributed by atoms with van der Waals surface area (Å²) in [6.45, 7) is 2.38. The van der Waals surface area contributed by atoms with Crippen molar-refractivity contribution in [1.29, 1.82) is 0 Å². The van der Waals surface area contributed by atoms with Crippen LogP contribution in [0.3, 0.4) is 0 Å². The molecule has 0 radical (unpaired) electrons. The molecule has 4 nitrogen and oxygen atoms in total. The fraction of sp³-hybridized carbons (Fsp3) is 0.533. The molecule has 1 aliphatic heterocycles. The third-order valence-corrected chi connectivity index (χ3v) is 3.66. The first kappa shape index (κ1) is 14.8. The first-order chi connectivity index (χ1) is 9.65. The lowest BCUT2D eigenvalue weighted by molar-refractivity contribution is 0.0621. The Morgan fingerprint density at radius 1 is 1.35 bits per heavy atom. The molecule has 0 aliphatic carbocycles. The van der Waals surface area contributed by atoms with Crippen molar-refractivity contribution in [3.63, 3.8) is 0 Å². The Morgan fingerprint density at radius 3 is 2.65 bits per heavy atom. The maximum Gasteiger partial charge on any atom is 0.321 e. The van der Waals surface area contributed by atoms with Gasteiger partial charge < -0.3 is 15.0 Å². The van der Waals surface area contributed by atoms with Gasteiger partial charge in [-0.3, -0.25) is 0 Å². The predicted octanol–water partition coefficient (Wildman–Crippen LogP) is 3.11. The summed E-state index contributed by atoms with van der Waals surface area (Å²) in [6.07, 6.45) is 3.15. The second kappa shape index (κ2) is 7.24.